The highest BCUT2D eigenvalue weighted by Crippen LogP contribution is 2.33. The number of nitro groups is 1. The van der Waals surface area contributed by atoms with Crippen molar-refractivity contribution in [3.63, 3.8) is 0 Å². The zero-order valence-corrected chi connectivity index (χ0v) is 12.8. The molecule has 2 aromatic rings. The number of nitrogens with one attached hydrogen (secondary N) is 1. The number of hydrogen-bond donors (Lipinski definition) is 1. The van der Waals surface area contributed by atoms with Crippen molar-refractivity contribution in [1.29, 1.82) is 0 Å². The van der Waals surface area contributed by atoms with Gasteiger partial charge in [-0.25, -0.2) is 4.98 Å². The maximum absolute atomic E-state index is 11.0. The summed E-state index contributed by atoms with van der Waals surface area (Å²) >= 11 is 2.68. The Hall–Kier alpha value is -1.67. The Balaban J connectivity index is 2.26. The lowest BCUT2D eigenvalue weighted by atomic mass is 10.2. The van der Waals surface area contributed by atoms with E-state index in [1.807, 2.05) is 19.9 Å². The number of non-ortho nitro benzene ring substituents is 1. The molecule has 0 unspecified atom stereocenters. The van der Waals surface area contributed by atoms with Crippen LogP contribution in [0.3, 0.4) is 0 Å². The highest BCUT2D eigenvalue weighted by Gasteiger charge is 2.12. The molecule has 1 heterocycles. The van der Waals surface area contributed by atoms with Crippen LogP contribution in [0.4, 0.5) is 11.4 Å². The summed E-state index contributed by atoms with van der Waals surface area (Å²) in [5.74, 6) is 0.715. The molecule has 0 aliphatic carbocycles. The molecule has 0 saturated carbocycles. The molecule has 0 aliphatic rings. The van der Waals surface area contributed by atoms with E-state index in [1.165, 1.54) is 23.3 Å². The molecule has 0 fully saturated rings. The van der Waals surface area contributed by atoms with Gasteiger partial charge in [-0.15, -0.1) is 0 Å². The van der Waals surface area contributed by atoms with E-state index >= 15 is 0 Å². The van der Waals surface area contributed by atoms with Crippen LogP contribution in [0.2, 0.25) is 0 Å². The number of nitro benzene ring substituents is 1. The quantitative estimate of drug-likeness (QED) is 0.647. The first-order valence-electron chi connectivity index (χ1n) is 6.10. The first kappa shape index (κ1) is 14.7. The fraction of sp³-hybridized carbons (Fsp3) is 0.333. The van der Waals surface area contributed by atoms with Gasteiger partial charge in [-0.1, -0.05) is 18.7 Å². The number of hydrogen-bond acceptors (Lipinski definition) is 7. The number of anilines is 1. The van der Waals surface area contributed by atoms with E-state index in [0.29, 0.717) is 5.82 Å². The molecule has 20 heavy (non-hydrogen) atoms. The smallest absolute Gasteiger partial charge is 0.272 e. The zero-order valence-electron chi connectivity index (χ0n) is 11.1. The molecule has 0 bridgehead atoms. The average molecular weight is 310 g/mol. The minimum Gasteiger partial charge on any atom is -0.385 e. The molecule has 6 nitrogen and oxygen atoms in total. The maximum atomic E-state index is 11.0. The summed E-state index contributed by atoms with van der Waals surface area (Å²) in [6, 6.07) is 4.99. The lowest BCUT2D eigenvalue weighted by Crippen LogP contribution is -2.00. The lowest BCUT2D eigenvalue weighted by Gasteiger charge is -2.06. The van der Waals surface area contributed by atoms with Crippen molar-refractivity contribution < 1.29 is 4.92 Å². The van der Waals surface area contributed by atoms with E-state index in [1.54, 1.807) is 12.1 Å². The van der Waals surface area contributed by atoms with Gasteiger partial charge in [0.05, 0.1) is 4.92 Å². The minimum atomic E-state index is -0.382. The van der Waals surface area contributed by atoms with Crippen LogP contribution < -0.4 is 5.32 Å². The van der Waals surface area contributed by atoms with Crippen molar-refractivity contribution in [1.82, 2.24) is 9.36 Å². The van der Waals surface area contributed by atoms with Crippen molar-refractivity contribution in [2.75, 3.05) is 11.9 Å². The average Bonchev–Trinajstić information content (AvgIpc) is 2.81. The zero-order chi connectivity index (χ0) is 14.5. The lowest BCUT2D eigenvalue weighted by molar-refractivity contribution is -0.385. The van der Waals surface area contributed by atoms with E-state index in [-0.39, 0.29) is 10.6 Å². The largest absolute Gasteiger partial charge is 0.385 e. The molecule has 1 N–H and O–H groups in total. The Morgan fingerprint density at radius 1 is 1.45 bits per heavy atom. The normalized spacial score (nSPS) is 10.5. The minimum absolute atomic E-state index is 0.0786. The Morgan fingerprint density at radius 2 is 2.25 bits per heavy atom. The fourth-order valence-corrected chi connectivity index (χ4v) is 3.26. The van der Waals surface area contributed by atoms with Gasteiger partial charge in [0.1, 0.15) is 5.82 Å². The molecule has 0 radical (unpaired) electrons. The molecule has 0 saturated heterocycles. The van der Waals surface area contributed by atoms with Crippen LogP contribution in [0, 0.1) is 17.0 Å². The van der Waals surface area contributed by atoms with E-state index < -0.39 is 0 Å². The first-order chi connectivity index (χ1) is 9.58. The SMILES string of the molecule is CCCNc1cc(Sc2nc(C)ns2)cc([N+](=O)[O-])c1. The summed E-state index contributed by atoms with van der Waals surface area (Å²) < 4.78 is 4.88. The van der Waals surface area contributed by atoms with E-state index in [9.17, 15) is 10.1 Å². The maximum Gasteiger partial charge on any atom is 0.272 e. The summed E-state index contributed by atoms with van der Waals surface area (Å²) in [4.78, 5) is 15.6. The third-order valence-electron chi connectivity index (χ3n) is 2.40. The monoisotopic (exact) mass is 310 g/mol. The van der Waals surface area contributed by atoms with Gasteiger partial charge in [0.15, 0.2) is 4.34 Å². The van der Waals surface area contributed by atoms with Crippen LogP contribution in [0.15, 0.2) is 27.4 Å². The predicted octanol–water partition coefficient (Wildman–Crippen LogP) is 3.73. The van der Waals surface area contributed by atoms with Crippen molar-refractivity contribution in [3.05, 3.63) is 34.1 Å². The Labute approximate surface area is 124 Å². The van der Waals surface area contributed by atoms with Crippen LogP contribution in [0.25, 0.3) is 0 Å². The molecule has 8 heteroatoms. The number of benzene rings is 1. The highest BCUT2D eigenvalue weighted by atomic mass is 32.2. The molecular formula is C12H14N4O2S2. The van der Waals surface area contributed by atoms with Gasteiger partial charge < -0.3 is 5.32 Å². The van der Waals surface area contributed by atoms with Crippen LogP contribution in [0.5, 0.6) is 0 Å². The summed E-state index contributed by atoms with van der Waals surface area (Å²) in [5, 5.41) is 14.1. The topological polar surface area (TPSA) is 81.0 Å². The van der Waals surface area contributed by atoms with Crippen LogP contribution in [0.1, 0.15) is 19.2 Å². The van der Waals surface area contributed by atoms with Gasteiger partial charge in [-0.3, -0.25) is 10.1 Å². The van der Waals surface area contributed by atoms with Crippen molar-refractivity contribution in [2.45, 2.75) is 29.5 Å². The molecule has 0 aliphatic heterocycles. The third kappa shape index (κ3) is 3.91. The van der Waals surface area contributed by atoms with Crippen molar-refractivity contribution >= 4 is 34.7 Å². The Bertz CT molecular complexity index is 615. The molecular weight excluding hydrogens is 296 g/mol. The van der Waals surface area contributed by atoms with Gasteiger partial charge in [-0.05, 0) is 30.9 Å². The standard InChI is InChI=1S/C12H14N4O2S2/c1-3-4-13-9-5-10(16(17)18)7-11(6-9)19-12-14-8(2)15-20-12/h5-7,13H,3-4H2,1-2H3. The van der Waals surface area contributed by atoms with E-state index in [4.69, 9.17) is 0 Å². The summed E-state index contributed by atoms with van der Waals surface area (Å²) in [7, 11) is 0. The second kappa shape index (κ2) is 6.67. The van der Waals surface area contributed by atoms with Gasteiger partial charge in [0, 0.05) is 29.3 Å². The Kier molecular flexibility index (Phi) is 4.91. The fourth-order valence-electron chi connectivity index (χ4n) is 1.54. The summed E-state index contributed by atoms with van der Waals surface area (Å²) in [6.07, 6.45) is 0.959. The van der Waals surface area contributed by atoms with Gasteiger partial charge in [0.2, 0.25) is 0 Å². The summed E-state index contributed by atoms with van der Waals surface area (Å²) in [5.41, 5.74) is 0.833. The van der Waals surface area contributed by atoms with Crippen molar-refractivity contribution in [3.8, 4) is 0 Å². The van der Waals surface area contributed by atoms with E-state index in [2.05, 4.69) is 14.7 Å². The number of rotatable bonds is 6. The van der Waals surface area contributed by atoms with Crippen molar-refractivity contribution in [2.24, 2.45) is 0 Å². The molecule has 1 aromatic heterocycles. The molecule has 2 rings (SSSR count). The summed E-state index contributed by atoms with van der Waals surface area (Å²) in [6.45, 7) is 4.65. The predicted molar refractivity (Wildman–Crippen MR) is 80.6 cm³/mol. The van der Waals surface area contributed by atoms with Crippen LogP contribution >= 0.6 is 23.3 Å². The van der Waals surface area contributed by atoms with Gasteiger partial charge in [0.25, 0.3) is 5.69 Å². The second-order valence-corrected chi connectivity index (χ2v) is 6.18. The van der Waals surface area contributed by atoms with E-state index in [0.717, 1.165) is 27.9 Å². The first-order valence-corrected chi connectivity index (χ1v) is 7.69. The number of aryl methyl sites for hydroxylation is 1. The molecule has 106 valence electrons. The van der Waals surface area contributed by atoms with Gasteiger partial charge >= 0.3 is 0 Å². The number of nitrogens with zero attached hydrogens (tertiary/aromatic N) is 3. The second-order valence-electron chi connectivity index (χ2n) is 4.11. The number of aromatic nitrogens is 2. The molecule has 0 amide bonds. The van der Waals surface area contributed by atoms with Gasteiger partial charge in [-0.2, -0.15) is 4.37 Å². The Morgan fingerprint density at radius 3 is 2.85 bits per heavy atom. The molecule has 1 aromatic carbocycles. The molecule has 0 spiro atoms. The highest BCUT2D eigenvalue weighted by molar-refractivity contribution is 8.01. The van der Waals surface area contributed by atoms with Crippen LogP contribution in [-0.2, 0) is 0 Å². The van der Waals surface area contributed by atoms with Crippen LogP contribution in [-0.4, -0.2) is 20.8 Å². The third-order valence-corrected chi connectivity index (χ3v) is 4.21. The molecule has 0 atom stereocenters.